The molecule has 1 aromatic rings. The molecular weight excluding hydrogens is 264 g/mol. The van der Waals surface area contributed by atoms with Crippen molar-refractivity contribution in [1.82, 2.24) is 0 Å². The van der Waals surface area contributed by atoms with Gasteiger partial charge in [-0.2, -0.15) is 0 Å². The first-order chi connectivity index (χ1) is 8.91. The molecule has 1 rings (SSSR count). The summed E-state index contributed by atoms with van der Waals surface area (Å²) >= 11 is 1.21. The predicted molar refractivity (Wildman–Crippen MR) is 77.5 cm³/mol. The minimum atomic E-state index is -1.05. The van der Waals surface area contributed by atoms with Gasteiger partial charge in [-0.05, 0) is 31.0 Å². The summed E-state index contributed by atoms with van der Waals surface area (Å²) in [6.07, 6.45) is 0. The minimum absolute atomic E-state index is 0.156. The molecule has 0 aliphatic heterocycles. The lowest BCUT2D eigenvalue weighted by atomic mass is 10.1. The van der Waals surface area contributed by atoms with Gasteiger partial charge in [0.15, 0.2) is 0 Å². The third-order valence-electron chi connectivity index (χ3n) is 2.73. The summed E-state index contributed by atoms with van der Waals surface area (Å²) in [6.45, 7) is 3.92. The normalized spacial score (nSPS) is 11.9. The minimum Gasteiger partial charge on any atom is -0.480 e. The number of carboxylic acid groups (broad SMARTS) is 1. The van der Waals surface area contributed by atoms with E-state index in [9.17, 15) is 9.59 Å². The van der Waals surface area contributed by atoms with Gasteiger partial charge in [0, 0.05) is 11.4 Å². The highest BCUT2D eigenvalue weighted by molar-refractivity contribution is 8.00. The Bertz CT molecular complexity index is 477. The molecule has 4 N–H and O–H groups in total. The SMILES string of the molecule is Cc1cccc(NC(=O)CSC[C@H](N)C(=O)O)c1C. The number of aryl methyl sites for hydroxylation is 1. The van der Waals surface area contributed by atoms with Crippen molar-refractivity contribution in [1.29, 1.82) is 0 Å². The Morgan fingerprint density at radius 1 is 1.42 bits per heavy atom. The highest BCUT2D eigenvalue weighted by Crippen LogP contribution is 2.18. The van der Waals surface area contributed by atoms with Gasteiger partial charge in [-0.1, -0.05) is 12.1 Å². The Kier molecular flexibility index (Phi) is 5.85. The molecule has 0 radical (unpaired) electrons. The van der Waals surface area contributed by atoms with E-state index in [1.165, 1.54) is 11.8 Å². The molecule has 0 saturated heterocycles. The summed E-state index contributed by atoms with van der Waals surface area (Å²) in [5.41, 5.74) is 8.27. The molecule has 1 aromatic carbocycles. The zero-order valence-electron chi connectivity index (χ0n) is 11.0. The van der Waals surface area contributed by atoms with Crippen LogP contribution in [0.5, 0.6) is 0 Å². The second kappa shape index (κ2) is 7.16. The number of hydrogen-bond donors (Lipinski definition) is 3. The van der Waals surface area contributed by atoms with Crippen molar-refractivity contribution in [3.8, 4) is 0 Å². The molecule has 19 heavy (non-hydrogen) atoms. The molecule has 0 saturated carbocycles. The topological polar surface area (TPSA) is 92.4 Å². The van der Waals surface area contributed by atoms with Crippen LogP contribution in [0, 0.1) is 13.8 Å². The van der Waals surface area contributed by atoms with Gasteiger partial charge in [0.25, 0.3) is 0 Å². The molecule has 5 nitrogen and oxygen atoms in total. The molecule has 0 unspecified atom stereocenters. The molecule has 104 valence electrons. The van der Waals surface area contributed by atoms with E-state index < -0.39 is 12.0 Å². The number of carbonyl (C=O) groups excluding carboxylic acids is 1. The highest BCUT2D eigenvalue weighted by atomic mass is 32.2. The van der Waals surface area contributed by atoms with Gasteiger partial charge < -0.3 is 16.2 Å². The zero-order chi connectivity index (χ0) is 14.4. The molecule has 0 bridgehead atoms. The number of thioether (sulfide) groups is 1. The van der Waals surface area contributed by atoms with Crippen LogP contribution in [0.25, 0.3) is 0 Å². The second-order valence-electron chi connectivity index (χ2n) is 4.26. The van der Waals surface area contributed by atoms with Crippen LogP contribution < -0.4 is 11.1 Å². The Balaban J connectivity index is 2.43. The van der Waals surface area contributed by atoms with Crippen LogP contribution in [0.2, 0.25) is 0 Å². The fourth-order valence-electron chi connectivity index (χ4n) is 1.42. The average molecular weight is 282 g/mol. The number of anilines is 1. The van der Waals surface area contributed by atoms with Gasteiger partial charge in [-0.3, -0.25) is 9.59 Å². The number of benzene rings is 1. The second-order valence-corrected chi connectivity index (χ2v) is 5.29. The van der Waals surface area contributed by atoms with Crippen LogP contribution >= 0.6 is 11.8 Å². The number of amides is 1. The summed E-state index contributed by atoms with van der Waals surface area (Å²) < 4.78 is 0. The van der Waals surface area contributed by atoms with Crippen LogP contribution in [0.3, 0.4) is 0 Å². The monoisotopic (exact) mass is 282 g/mol. The number of hydrogen-bond acceptors (Lipinski definition) is 4. The van der Waals surface area contributed by atoms with E-state index in [1.807, 2.05) is 32.0 Å². The van der Waals surface area contributed by atoms with Crippen molar-refractivity contribution in [3.05, 3.63) is 29.3 Å². The number of carboxylic acids is 1. The fraction of sp³-hybridized carbons (Fsp3) is 0.385. The van der Waals surface area contributed by atoms with Crippen molar-refractivity contribution in [2.75, 3.05) is 16.8 Å². The molecule has 1 atom stereocenters. The highest BCUT2D eigenvalue weighted by Gasteiger charge is 2.12. The van der Waals surface area contributed by atoms with E-state index in [4.69, 9.17) is 10.8 Å². The van der Waals surface area contributed by atoms with Gasteiger partial charge in [0.1, 0.15) is 6.04 Å². The van der Waals surface area contributed by atoms with Crippen LogP contribution in [0.15, 0.2) is 18.2 Å². The van der Waals surface area contributed by atoms with Crippen molar-refractivity contribution >= 4 is 29.3 Å². The first-order valence-corrected chi connectivity index (χ1v) is 6.99. The maximum Gasteiger partial charge on any atom is 0.321 e. The van der Waals surface area contributed by atoms with Crippen molar-refractivity contribution in [3.63, 3.8) is 0 Å². The molecule has 0 fully saturated rings. The molecule has 0 heterocycles. The Labute approximate surface area is 116 Å². The molecule has 0 aliphatic rings. The van der Waals surface area contributed by atoms with Crippen molar-refractivity contribution in [2.45, 2.75) is 19.9 Å². The van der Waals surface area contributed by atoms with Gasteiger partial charge in [-0.15, -0.1) is 11.8 Å². The predicted octanol–water partition coefficient (Wildman–Crippen LogP) is 1.39. The molecule has 0 spiro atoms. The number of nitrogens with one attached hydrogen (secondary N) is 1. The summed E-state index contributed by atoms with van der Waals surface area (Å²) in [7, 11) is 0. The zero-order valence-corrected chi connectivity index (χ0v) is 11.8. The molecular formula is C13H18N2O3S. The number of nitrogens with two attached hydrogens (primary N) is 1. The Morgan fingerprint density at radius 3 is 2.74 bits per heavy atom. The summed E-state index contributed by atoms with van der Waals surface area (Å²) in [6, 6.07) is 4.77. The largest absolute Gasteiger partial charge is 0.480 e. The van der Waals surface area contributed by atoms with Crippen molar-refractivity contribution < 1.29 is 14.7 Å². The first kappa shape index (κ1) is 15.5. The van der Waals surface area contributed by atoms with Gasteiger partial charge in [0.2, 0.25) is 5.91 Å². The molecule has 0 aliphatic carbocycles. The van der Waals surface area contributed by atoms with E-state index in [1.54, 1.807) is 0 Å². The van der Waals surface area contributed by atoms with Crippen LogP contribution in [0.1, 0.15) is 11.1 Å². The van der Waals surface area contributed by atoms with Crippen LogP contribution in [0.4, 0.5) is 5.69 Å². The lowest BCUT2D eigenvalue weighted by Crippen LogP contribution is -2.33. The average Bonchev–Trinajstić information content (AvgIpc) is 2.34. The van der Waals surface area contributed by atoms with Gasteiger partial charge >= 0.3 is 5.97 Å². The lowest BCUT2D eigenvalue weighted by Gasteiger charge is -2.10. The Morgan fingerprint density at radius 2 is 2.11 bits per heavy atom. The quantitative estimate of drug-likeness (QED) is 0.733. The third kappa shape index (κ3) is 4.92. The molecule has 1 amide bonds. The standard InChI is InChI=1S/C13H18N2O3S/c1-8-4-3-5-11(9(8)2)15-12(16)7-19-6-10(14)13(17)18/h3-5,10H,6-7,14H2,1-2H3,(H,15,16)(H,17,18)/t10-/m0/s1. The Hall–Kier alpha value is -1.53. The smallest absolute Gasteiger partial charge is 0.321 e. The number of carbonyl (C=O) groups is 2. The maximum atomic E-state index is 11.7. The number of aliphatic carboxylic acids is 1. The molecule has 6 heteroatoms. The number of rotatable bonds is 6. The summed E-state index contributed by atoms with van der Waals surface area (Å²) in [5.74, 6) is -0.803. The van der Waals surface area contributed by atoms with Crippen molar-refractivity contribution in [2.24, 2.45) is 5.73 Å². The van der Waals surface area contributed by atoms with Gasteiger partial charge in [0.05, 0.1) is 5.75 Å². The summed E-state index contributed by atoms with van der Waals surface area (Å²) in [4.78, 5) is 22.2. The maximum absolute atomic E-state index is 11.7. The lowest BCUT2D eigenvalue weighted by molar-refractivity contribution is -0.137. The first-order valence-electron chi connectivity index (χ1n) is 5.84. The van der Waals surface area contributed by atoms with Crippen LogP contribution in [-0.2, 0) is 9.59 Å². The third-order valence-corrected chi connectivity index (χ3v) is 3.79. The van der Waals surface area contributed by atoms with E-state index in [0.29, 0.717) is 0 Å². The molecule has 0 aromatic heterocycles. The van der Waals surface area contributed by atoms with E-state index in [-0.39, 0.29) is 17.4 Å². The van der Waals surface area contributed by atoms with E-state index >= 15 is 0 Å². The van der Waals surface area contributed by atoms with Gasteiger partial charge in [-0.25, -0.2) is 0 Å². The summed E-state index contributed by atoms with van der Waals surface area (Å²) in [5, 5.41) is 11.4. The van der Waals surface area contributed by atoms with E-state index in [0.717, 1.165) is 16.8 Å². The van der Waals surface area contributed by atoms with Crippen LogP contribution in [-0.4, -0.2) is 34.5 Å². The van der Waals surface area contributed by atoms with E-state index in [2.05, 4.69) is 5.32 Å². The fourth-order valence-corrected chi connectivity index (χ4v) is 2.19.